The number of rotatable bonds is 1. The van der Waals surface area contributed by atoms with E-state index in [0.29, 0.717) is 6.54 Å². The third-order valence-electron chi connectivity index (χ3n) is 4.34. The van der Waals surface area contributed by atoms with Gasteiger partial charge in [0.25, 0.3) is 0 Å². The van der Waals surface area contributed by atoms with Gasteiger partial charge in [-0.05, 0) is 25.0 Å². The van der Waals surface area contributed by atoms with E-state index in [0.717, 1.165) is 31.4 Å². The molecule has 1 atom stereocenters. The van der Waals surface area contributed by atoms with Crippen molar-refractivity contribution >= 4 is 11.6 Å². The number of carbonyl (C=O) groups is 1. The number of nitrogens with one attached hydrogen (secondary N) is 1. The summed E-state index contributed by atoms with van der Waals surface area (Å²) in [6.07, 6.45) is 4.32. The topological polar surface area (TPSA) is 52.6 Å². The summed E-state index contributed by atoms with van der Waals surface area (Å²) in [5.41, 5.74) is 0.567. The smallest absolute Gasteiger partial charge is 0.247 e. The second kappa shape index (κ2) is 4.85. The zero-order valence-electron chi connectivity index (χ0n) is 11.0. The third-order valence-corrected chi connectivity index (χ3v) is 4.34. The molecular formula is C15H20N2O2. The molecule has 2 aliphatic rings. The van der Waals surface area contributed by atoms with Gasteiger partial charge in [0.05, 0.1) is 6.54 Å². The Bertz CT molecular complexity index is 454. The molecule has 1 unspecified atom stereocenters. The zero-order chi connectivity index (χ0) is 13.3. The maximum absolute atomic E-state index is 12.5. The summed E-state index contributed by atoms with van der Waals surface area (Å²) in [5, 5.41) is 12.6. The fourth-order valence-electron chi connectivity index (χ4n) is 3.40. The molecule has 4 nitrogen and oxygen atoms in total. The van der Waals surface area contributed by atoms with Gasteiger partial charge in [0.2, 0.25) is 5.91 Å². The molecule has 1 saturated heterocycles. The van der Waals surface area contributed by atoms with Crippen LogP contribution in [0.3, 0.4) is 0 Å². The van der Waals surface area contributed by atoms with Gasteiger partial charge >= 0.3 is 0 Å². The summed E-state index contributed by atoms with van der Waals surface area (Å²) in [4.78, 5) is 14.6. The number of aliphatic hydroxyl groups excluding tert-OH is 1. The summed E-state index contributed by atoms with van der Waals surface area (Å²) in [7, 11) is 0. The molecule has 102 valence electrons. The van der Waals surface area contributed by atoms with Gasteiger partial charge in [-0.3, -0.25) is 4.79 Å². The Morgan fingerprint density at radius 1 is 1.16 bits per heavy atom. The van der Waals surface area contributed by atoms with Crippen LogP contribution in [0.15, 0.2) is 30.3 Å². The van der Waals surface area contributed by atoms with Crippen LogP contribution >= 0.6 is 0 Å². The van der Waals surface area contributed by atoms with E-state index >= 15 is 0 Å². The van der Waals surface area contributed by atoms with Crippen LogP contribution in [0.1, 0.15) is 32.1 Å². The van der Waals surface area contributed by atoms with E-state index in [-0.39, 0.29) is 5.91 Å². The maximum Gasteiger partial charge on any atom is 0.247 e. The first-order valence-electron chi connectivity index (χ1n) is 7.04. The minimum absolute atomic E-state index is 0.0187. The monoisotopic (exact) mass is 260 g/mol. The van der Waals surface area contributed by atoms with E-state index in [4.69, 9.17) is 0 Å². The molecule has 1 heterocycles. The third kappa shape index (κ3) is 2.10. The van der Waals surface area contributed by atoms with Crippen LogP contribution in [0.25, 0.3) is 0 Å². The van der Waals surface area contributed by atoms with Gasteiger partial charge < -0.3 is 15.3 Å². The number of amides is 1. The Labute approximate surface area is 113 Å². The van der Waals surface area contributed by atoms with Gasteiger partial charge in [-0.15, -0.1) is 0 Å². The number of piperazine rings is 1. The predicted molar refractivity (Wildman–Crippen MR) is 73.8 cm³/mol. The van der Waals surface area contributed by atoms with Crippen molar-refractivity contribution < 1.29 is 9.90 Å². The van der Waals surface area contributed by atoms with Crippen molar-refractivity contribution in [3.05, 3.63) is 30.3 Å². The molecule has 1 aromatic rings. The second-order valence-corrected chi connectivity index (χ2v) is 5.53. The molecular weight excluding hydrogens is 240 g/mol. The fourth-order valence-corrected chi connectivity index (χ4v) is 3.40. The first-order chi connectivity index (χ1) is 9.22. The molecule has 2 fully saturated rings. The Kier molecular flexibility index (Phi) is 3.19. The SMILES string of the molecule is O=C1NC(O)CN(c2ccccc2)C12CCCCC2. The first-order valence-corrected chi connectivity index (χ1v) is 7.04. The van der Waals surface area contributed by atoms with Gasteiger partial charge in [0.15, 0.2) is 0 Å². The number of β-amino-alcohol motifs (C(OH)–C–C–N with tert-alkyl or cyclic N) is 1. The van der Waals surface area contributed by atoms with Gasteiger partial charge in [0, 0.05) is 5.69 Å². The van der Waals surface area contributed by atoms with Gasteiger partial charge in [0.1, 0.15) is 11.8 Å². The molecule has 1 aliphatic heterocycles. The number of nitrogens with zero attached hydrogens (tertiary/aromatic N) is 1. The van der Waals surface area contributed by atoms with Crippen molar-refractivity contribution in [1.82, 2.24) is 5.32 Å². The summed E-state index contributed by atoms with van der Waals surface area (Å²) in [6, 6.07) is 9.95. The average molecular weight is 260 g/mol. The fraction of sp³-hybridized carbons (Fsp3) is 0.533. The van der Waals surface area contributed by atoms with Crippen LogP contribution in [-0.4, -0.2) is 29.3 Å². The molecule has 1 aliphatic carbocycles. The predicted octanol–water partition coefficient (Wildman–Crippen LogP) is 1.64. The van der Waals surface area contributed by atoms with E-state index < -0.39 is 11.8 Å². The average Bonchev–Trinajstić information content (AvgIpc) is 2.45. The van der Waals surface area contributed by atoms with Crippen LogP contribution < -0.4 is 10.2 Å². The van der Waals surface area contributed by atoms with Gasteiger partial charge in [-0.2, -0.15) is 0 Å². The summed E-state index contributed by atoms with van der Waals surface area (Å²) in [6.45, 7) is 0.468. The van der Waals surface area contributed by atoms with E-state index in [1.54, 1.807) is 0 Å². The Morgan fingerprint density at radius 3 is 2.53 bits per heavy atom. The molecule has 3 rings (SSSR count). The summed E-state index contributed by atoms with van der Waals surface area (Å²) in [5.74, 6) is -0.0187. The number of aliphatic hydroxyl groups is 1. The summed E-state index contributed by atoms with van der Waals surface area (Å²) < 4.78 is 0. The molecule has 4 heteroatoms. The lowest BCUT2D eigenvalue weighted by atomic mass is 9.78. The lowest BCUT2D eigenvalue weighted by Gasteiger charge is -2.50. The first kappa shape index (κ1) is 12.5. The van der Waals surface area contributed by atoms with Crippen molar-refractivity contribution in [2.75, 3.05) is 11.4 Å². The molecule has 19 heavy (non-hydrogen) atoms. The van der Waals surface area contributed by atoms with Crippen LogP contribution in [-0.2, 0) is 4.79 Å². The van der Waals surface area contributed by atoms with E-state index in [2.05, 4.69) is 10.2 Å². The molecule has 2 N–H and O–H groups in total. The van der Waals surface area contributed by atoms with Gasteiger partial charge in [-0.1, -0.05) is 37.5 Å². The van der Waals surface area contributed by atoms with E-state index in [1.165, 1.54) is 6.42 Å². The molecule has 0 bridgehead atoms. The lowest BCUT2D eigenvalue weighted by molar-refractivity contribution is -0.133. The number of carbonyl (C=O) groups excluding carboxylic acids is 1. The van der Waals surface area contributed by atoms with E-state index in [1.807, 2.05) is 30.3 Å². The molecule has 0 aromatic heterocycles. The number of para-hydroxylation sites is 1. The van der Waals surface area contributed by atoms with Crippen molar-refractivity contribution in [3.8, 4) is 0 Å². The highest BCUT2D eigenvalue weighted by atomic mass is 16.3. The molecule has 1 amide bonds. The second-order valence-electron chi connectivity index (χ2n) is 5.53. The zero-order valence-corrected chi connectivity index (χ0v) is 11.0. The highest BCUT2D eigenvalue weighted by molar-refractivity contribution is 5.91. The molecule has 1 spiro atoms. The number of benzene rings is 1. The van der Waals surface area contributed by atoms with Crippen LogP contribution in [0, 0.1) is 0 Å². The minimum atomic E-state index is -0.778. The normalized spacial score (nSPS) is 26.3. The summed E-state index contributed by atoms with van der Waals surface area (Å²) >= 11 is 0. The van der Waals surface area contributed by atoms with Crippen LogP contribution in [0.5, 0.6) is 0 Å². The molecule has 0 radical (unpaired) electrons. The van der Waals surface area contributed by atoms with Gasteiger partial charge in [-0.25, -0.2) is 0 Å². The standard InChI is InChI=1S/C15H20N2O2/c18-13-11-17(12-7-3-1-4-8-12)15(14(19)16-13)9-5-2-6-10-15/h1,3-4,7-8,13,18H,2,5-6,9-11H2,(H,16,19). The minimum Gasteiger partial charge on any atom is -0.372 e. The maximum atomic E-state index is 12.5. The number of hydrogen-bond donors (Lipinski definition) is 2. The Balaban J connectivity index is 1.99. The van der Waals surface area contributed by atoms with E-state index in [9.17, 15) is 9.90 Å². The highest BCUT2D eigenvalue weighted by Crippen LogP contribution is 2.38. The van der Waals surface area contributed by atoms with Crippen LogP contribution in [0.4, 0.5) is 5.69 Å². The highest BCUT2D eigenvalue weighted by Gasteiger charge is 2.48. The quantitative estimate of drug-likeness (QED) is 0.807. The lowest BCUT2D eigenvalue weighted by Crippen LogP contribution is -2.69. The van der Waals surface area contributed by atoms with Crippen molar-refractivity contribution in [2.24, 2.45) is 0 Å². The number of hydrogen-bond acceptors (Lipinski definition) is 3. The van der Waals surface area contributed by atoms with Crippen molar-refractivity contribution in [1.29, 1.82) is 0 Å². The Hall–Kier alpha value is -1.55. The largest absolute Gasteiger partial charge is 0.372 e. The number of anilines is 1. The molecule has 1 saturated carbocycles. The molecule has 1 aromatic carbocycles. The Morgan fingerprint density at radius 2 is 1.84 bits per heavy atom. The van der Waals surface area contributed by atoms with Crippen molar-refractivity contribution in [2.45, 2.75) is 43.9 Å². The van der Waals surface area contributed by atoms with Crippen LogP contribution in [0.2, 0.25) is 0 Å². The van der Waals surface area contributed by atoms with Crippen molar-refractivity contribution in [3.63, 3.8) is 0 Å².